The van der Waals surface area contributed by atoms with E-state index in [0.29, 0.717) is 6.54 Å². The highest BCUT2D eigenvalue weighted by Crippen LogP contribution is 2.38. The summed E-state index contributed by atoms with van der Waals surface area (Å²) in [5, 5.41) is 14.0. The number of fused-ring (bicyclic) bond motifs is 1. The zero-order chi connectivity index (χ0) is 22.0. The minimum Gasteiger partial charge on any atom is -0.352 e. The van der Waals surface area contributed by atoms with Gasteiger partial charge in [-0.2, -0.15) is 19.8 Å². The molecule has 0 radical (unpaired) electrons. The number of nitrogens with zero attached hydrogens (tertiary/aromatic N) is 3. The molecule has 0 aliphatic carbocycles. The Hall–Kier alpha value is -2.55. The van der Waals surface area contributed by atoms with Gasteiger partial charge in [-0.15, -0.1) is 0 Å². The highest BCUT2D eigenvalue weighted by atomic mass is 32.2. The molecule has 0 fully saturated rings. The van der Waals surface area contributed by atoms with Crippen molar-refractivity contribution in [3.8, 4) is 0 Å². The van der Waals surface area contributed by atoms with Gasteiger partial charge in [0, 0.05) is 41.7 Å². The molecular weight excluding hydrogens is 402 g/mol. The molecule has 2 heterocycles. The third-order valence-corrected chi connectivity index (χ3v) is 8.05. The summed E-state index contributed by atoms with van der Waals surface area (Å²) in [6.45, 7) is 8.15. The number of carbonyl (C=O) groups is 2. The SMILES string of the molecule is CC1(C)CS(=O)(=NC(=O)CCC(=O)NCc2ccccc2)CC(C)(C)c2n[nH]nc21. The minimum absolute atomic E-state index is 0.0147. The first-order chi connectivity index (χ1) is 14.0. The van der Waals surface area contributed by atoms with Crippen LogP contribution < -0.4 is 5.32 Å². The van der Waals surface area contributed by atoms with Crippen molar-refractivity contribution < 1.29 is 13.8 Å². The zero-order valence-electron chi connectivity index (χ0n) is 17.9. The first-order valence-corrected chi connectivity index (χ1v) is 11.8. The third-order valence-electron chi connectivity index (χ3n) is 5.17. The summed E-state index contributed by atoms with van der Waals surface area (Å²) >= 11 is 0. The second-order valence-corrected chi connectivity index (χ2v) is 11.4. The Kier molecular flexibility index (Phi) is 6.12. The van der Waals surface area contributed by atoms with Crippen LogP contribution in [0.3, 0.4) is 0 Å². The van der Waals surface area contributed by atoms with Gasteiger partial charge in [0.2, 0.25) is 5.91 Å². The monoisotopic (exact) mass is 431 g/mol. The molecule has 2 N–H and O–H groups in total. The van der Waals surface area contributed by atoms with Crippen LogP contribution in [0.15, 0.2) is 34.7 Å². The summed E-state index contributed by atoms with van der Waals surface area (Å²) in [5.74, 6) is -0.303. The van der Waals surface area contributed by atoms with Crippen molar-refractivity contribution in [2.45, 2.75) is 57.9 Å². The number of benzene rings is 1. The first-order valence-electron chi connectivity index (χ1n) is 9.98. The number of aromatic nitrogens is 3. The second kappa shape index (κ2) is 8.29. The van der Waals surface area contributed by atoms with Gasteiger partial charge in [0.05, 0.1) is 21.1 Å². The van der Waals surface area contributed by atoms with Crippen LogP contribution in [0.25, 0.3) is 0 Å². The molecule has 0 bridgehead atoms. The van der Waals surface area contributed by atoms with E-state index in [2.05, 4.69) is 25.1 Å². The van der Waals surface area contributed by atoms with E-state index in [-0.39, 0.29) is 30.3 Å². The van der Waals surface area contributed by atoms with E-state index in [1.165, 1.54) is 0 Å². The maximum atomic E-state index is 13.6. The van der Waals surface area contributed by atoms with E-state index in [1.807, 2.05) is 58.0 Å². The lowest BCUT2D eigenvalue weighted by Gasteiger charge is -2.22. The number of aromatic amines is 1. The molecule has 2 amide bonds. The number of amides is 2. The average molecular weight is 432 g/mol. The molecule has 1 aliphatic heterocycles. The van der Waals surface area contributed by atoms with Gasteiger partial charge >= 0.3 is 0 Å². The number of nitrogens with one attached hydrogen (secondary N) is 2. The van der Waals surface area contributed by atoms with Crippen molar-refractivity contribution in [2.75, 3.05) is 11.5 Å². The van der Waals surface area contributed by atoms with Crippen LogP contribution in [0.5, 0.6) is 0 Å². The molecule has 0 atom stereocenters. The molecule has 8 nitrogen and oxygen atoms in total. The zero-order valence-corrected chi connectivity index (χ0v) is 18.7. The molecule has 9 heteroatoms. The standard InChI is InChI=1S/C21H29N5O3S/c1-20(2)13-30(29,14-21(3,4)19-18(20)23-26-24-19)25-17(28)11-10-16(27)22-12-15-8-6-5-7-9-15/h5-9H,10-14H2,1-4H3,(H,22,27)(H,23,24,26). The van der Waals surface area contributed by atoms with E-state index >= 15 is 0 Å². The number of hydrogen-bond acceptors (Lipinski definition) is 5. The molecule has 30 heavy (non-hydrogen) atoms. The van der Waals surface area contributed by atoms with Crippen molar-refractivity contribution in [1.82, 2.24) is 20.7 Å². The van der Waals surface area contributed by atoms with Gasteiger partial charge in [0.25, 0.3) is 5.91 Å². The van der Waals surface area contributed by atoms with Gasteiger partial charge in [-0.05, 0) is 5.56 Å². The average Bonchev–Trinajstić information content (AvgIpc) is 3.14. The first kappa shape index (κ1) is 22.1. The van der Waals surface area contributed by atoms with Crippen molar-refractivity contribution >= 4 is 21.5 Å². The molecule has 1 aromatic heterocycles. The maximum Gasteiger partial charge on any atom is 0.254 e. The topological polar surface area (TPSA) is 117 Å². The van der Waals surface area contributed by atoms with Crippen LogP contribution in [0.2, 0.25) is 0 Å². The van der Waals surface area contributed by atoms with E-state index in [1.54, 1.807) is 0 Å². The second-order valence-electron chi connectivity index (χ2n) is 9.10. The van der Waals surface area contributed by atoms with Gasteiger partial charge < -0.3 is 5.32 Å². The molecule has 0 saturated heterocycles. The lowest BCUT2D eigenvalue weighted by molar-refractivity contribution is -0.125. The Morgan fingerprint density at radius 1 is 1.03 bits per heavy atom. The Morgan fingerprint density at radius 2 is 1.60 bits per heavy atom. The fraction of sp³-hybridized carbons (Fsp3) is 0.524. The Balaban J connectivity index is 1.66. The molecule has 2 aromatic rings. The molecule has 1 aliphatic rings. The molecule has 0 saturated carbocycles. The van der Waals surface area contributed by atoms with Crippen LogP contribution in [0.4, 0.5) is 0 Å². The van der Waals surface area contributed by atoms with Crippen LogP contribution in [0.1, 0.15) is 57.5 Å². The van der Waals surface area contributed by atoms with E-state index in [9.17, 15) is 13.8 Å². The molecule has 0 unspecified atom stereocenters. The van der Waals surface area contributed by atoms with Crippen molar-refractivity contribution in [1.29, 1.82) is 0 Å². The van der Waals surface area contributed by atoms with Crippen molar-refractivity contribution in [3.05, 3.63) is 47.3 Å². The fourth-order valence-corrected chi connectivity index (χ4v) is 7.11. The summed E-state index contributed by atoms with van der Waals surface area (Å²) in [7, 11) is -2.83. The fourth-order valence-electron chi connectivity index (χ4n) is 3.89. The summed E-state index contributed by atoms with van der Waals surface area (Å²) < 4.78 is 17.8. The summed E-state index contributed by atoms with van der Waals surface area (Å²) in [6.07, 6.45) is -0.0528. The Labute approximate surface area is 177 Å². The lowest BCUT2D eigenvalue weighted by Crippen LogP contribution is -2.31. The van der Waals surface area contributed by atoms with Gasteiger partial charge in [-0.1, -0.05) is 58.0 Å². The van der Waals surface area contributed by atoms with Crippen LogP contribution >= 0.6 is 0 Å². The molecule has 162 valence electrons. The minimum atomic E-state index is -2.83. The molecule has 1 aromatic carbocycles. The van der Waals surface area contributed by atoms with Crippen LogP contribution in [0, 0.1) is 0 Å². The smallest absolute Gasteiger partial charge is 0.254 e. The van der Waals surface area contributed by atoms with Crippen LogP contribution in [-0.2, 0) is 36.7 Å². The predicted octanol–water partition coefficient (Wildman–Crippen LogP) is 2.46. The summed E-state index contributed by atoms with van der Waals surface area (Å²) in [6, 6.07) is 9.54. The van der Waals surface area contributed by atoms with Gasteiger partial charge in [0.15, 0.2) is 0 Å². The number of carbonyl (C=O) groups excluding carboxylic acids is 2. The van der Waals surface area contributed by atoms with E-state index < -0.39 is 26.5 Å². The summed E-state index contributed by atoms with van der Waals surface area (Å²) in [4.78, 5) is 24.5. The largest absolute Gasteiger partial charge is 0.352 e. The van der Waals surface area contributed by atoms with Crippen LogP contribution in [-0.4, -0.2) is 42.9 Å². The van der Waals surface area contributed by atoms with Gasteiger partial charge in [-0.3, -0.25) is 9.59 Å². The lowest BCUT2D eigenvalue weighted by atomic mass is 9.82. The number of hydrogen-bond donors (Lipinski definition) is 2. The molecule has 3 rings (SSSR count). The Bertz CT molecular complexity index is 1010. The van der Waals surface area contributed by atoms with Gasteiger partial charge in [-0.25, -0.2) is 4.21 Å². The van der Waals surface area contributed by atoms with Gasteiger partial charge in [0.1, 0.15) is 0 Å². The molecule has 0 spiro atoms. The number of H-pyrrole nitrogens is 1. The number of rotatable bonds is 5. The third kappa shape index (κ3) is 5.13. The normalized spacial score (nSPS) is 18.7. The van der Waals surface area contributed by atoms with E-state index in [0.717, 1.165) is 17.0 Å². The van der Waals surface area contributed by atoms with E-state index in [4.69, 9.17) is 0 Å². The van der Waals surface area contributed by atoms with Crippen molar-refractivity contribution in [2.24, 2.45) is 4.36 Å². The quantitative estimate of drug-likeness (QED) is 0.754. The molecular formula is C21H29N5O3S. The maximum absolute atomic E-state index is 13.6. The Morgan fingerprint density at radius 3 is 2.17 bits per heavy atom. The summed E-state index contributed by atoms with van der Waals surface area (Å²) in [5.41, 5.74) is 1.44. The highest BCUT2D eigenvalue weighted by Gasteiger charge is 2.43. The van der Waals surface area contributed by atoms with Crippen molar-refractivity contribution in [3.63, 3.8) is 0 Å². The predicted molar refractivity (Wildman–Crippen MR) is 115 cm³/mol. The highest BCUT2D eigenvalue weighted by molar-refractivity contribution is 7.94.